The highest BCUT2D eigenvalue weighted by atomic mass is 19.4. The summed E-state index contributed by atoms with van der Waals surface area (Å²) in [4.78, 5) is 40.0. The van der Waals surface area contributed by atoms with Crippen molar-refractivity contribution in [2.24, 2.45) is 0 Å². The van der Waals surface area contributed by atoms with Crippen molar-refractivity contribution in [3.05, 3.63) is 59.5 Å². The number of furan rings is 1. The number of benzene rings is 1. The summed E-state index contributed by atoms with van der Waals surface area (Å²) in [5.74, 6) is -1.26. The number of halogens is 3. The molecule has 0 bridgehead atoms. The maximum Gasteiger partial charge on any atom is 0.416 e. The van der Waals surface area contributed by atoms with E-state index in [9.17, 15) is 27.6 Å². The standard InChI is InChI=1S/C20H20F3N3O4/c1-13(24-17(27)16-6-3-11-30-16)18(28)25-7-9-26(10-8-25)19(29)14-4-2-5-15(12-14)20(21,22)23/h2-6,11-13H,7-10H2,1H3,(H,24,27)/t13-/m1/s1. The van der Waals surface area contributed by atoms with E-state index in [2.05, 4.69) is 5.32 Å². The second-order valence-electron chi connectivity index (χ2n) is 6.87. The number of nitrogens with zero attached hydrogens (tertiary/aromatic N) is 2. The molecule has 0 radical (unpaired) electrons. The Balaban J connectivity index is 1.56. The van der Waals surface area contributed by atoms with Crippen LogP contribution in [0.3, 0.4) is 0 Å². The number of alkyl halides is 3. The Morgan fingerprint density at radius 1 is 1.03 bits per heavy atom. The van der Waals surface area contributed by atoms with Crippen molar-refractivity contribution in [3.63, 3.8) is 0 Å². The average molecular weight is 423 g/mol. The van der Waals surface area contributed by atoms with Crippen LogP contribution in [0, 0.1) is 0 Å². The number of piperazine rings is 1. The van der Waals surface area contributed by atoms with Crippen LogP contribution in [0.25, 0.3) is 0 Å². The number of carbonyl (C=O) groups excluding carboxylic acids is 3. The van der Waals surface area contributed by atoms with Gasteiger partial charge in [-0.2, -0.15) is 13.2 Å². The average Bonchev–Trinajstić information content (AvgIpc) is 3.27. The van der Waals surface area contributed by atoms with E-state index in [1.54, 1.807) is 13.0 Å². The molecule has 1 atom stereocenters. The lowest BCUT2D eigenvalue weighted by Gasteiger charge is -2.36. The van der Waals surface area contributed by atoms with Gasteiger partial charge in [0.2, 0.25) is 5.91 Å². The van der Waals surface area contributed by atoms with Crippen molar-refractivity contribution >= 4 is 17.7 Å². The van der Waals surface area contributed by atoms with E-state index < -0.39 is 29.6 Å². The van der Waals surface area contributed by atoms with E-state index in [-0.39, 0.29) is 43.4 Å². The molecule has 1 aromatic carbocycles. The fourth-order valence-electron chi connectivity index (χ4n) is 3.15. The van der Waals surface area contributed by atoms with Gasteiger partial charge in [-0.3, -0.25) is 14.4 Å². The molecule has 10 heteroatoms. The fourth-order valence-corrected chi connectivity index (χ4v) is 3.15. The second kappa shape index (κ2) is 8.60. The minimum atomic E-state index is -4.53. The monoisotopic (exact) mass is 423 g/mol. The van der Waals surface area contributed by atoms with Gasteiger partial charge < -0.3 is 19.5 Å². The highest BCUT2D eigenvalue weighted by Gasteiger charge is 2.32. The van der Waals surface area contributed by atoms with Crippen molar-refractivity contribution in [1.29, 1.82) is 0 Å². The van der Waals surface area contributed by atoms with E-state index in [0.29, 0.717) is 0 Å². The highest BCUT2D eigenvalue weighted by Crippen LogP contribution is 2.29. The summed E-state index contributed by atoms with van der Waals surface area (Å²) in [6.45, 7) is 2.33. The number of rotatable bonds is 4. The van der Waals surface area contributed by atoms with Crippen molar-refractivity contribution in [2.45, 2.75) is 19.1 Å². The summed E-state index contributed by atoms with van der Waals surface area (Å²) in [7, 11) is 0. The lowest BCUT2D eigenvalue weighted by molar-refractivity contribution is -0.137. The first-order chi connectivity index (χ1) is 14.2. The van der Waals surface area contributed by atoms with Gasteiger partial charge in [0, 0.05) is 31.7 Å². The third-order valence-electron chi connectivity index (χ3n) is 4.78. The number of carbonyl (C=O) groups is 3. The third kappa shape index (κ3) is 4.81. The number of hydrogen-bond donors (Lipinski definition) is 1. The Bertz CT molecular complexity index is 920. The minimum absolute atomic E-state index is 0.0521. The predicted octanol–water partition coefficient (Wildman–Crippen LogP) is 2.40. The summed E-state index contributed by atoms with van der Waals surface area (Å²) in [6.07, 6.45) is -3.18. The van der Waals surface area contributed by atoms with Crippen molar-refractivity contribution in [3.8, 4) is 0 Å². The molecule has 1 saturated heterocycles. The smallest absolute Gasteiger partial charge is 0.416 e. The number of hydrogen-bond acceptors (Lipinski definition) is 4. The Morgan fingerprint density at radius 2 is 1.70 bits per heavy atom. The minimum Gasteiger partial charge on any atom is -0.459 e. The lowest BCUT2D eigenvalue weighted by atomic mass is 10.1. The van der Waals surface area contributed by atoms with E-state index >= 15 is 0 Å². The molecule has 1 aliphatic rings. The molecule has 2 aromatic rings. The molecule has 1 aromatic heterocycles. The van der Waals surface area contributed by atoms with Gasteiger partial charge in [0.15, 0.2) is 5.76 Å². The Kier molecular flexibility index (Phi) is 6.14. The van der Waals surface area contributed by atoms with Crippen molar-refractivity contribution < 1.29 is 32.0 Å². The molecule has 3 amide bonds. The van der Waals surface area contributed by atoms with Crippen molar-refractivity contribution in [1.82, 2.24) is 15.1 Å². The van der Waals surface area contributed by atoms with Gasteiger partial charge in [-0.25, -0.2) is 0 Å². The summed E-state index contributed by atoms with van der Waals surface area (Å²) in [6, 6.07) is 6.50. The first-order valence-corrected chi connectivity index (χ1v) is 9.26. The molecule has 7 nitrogen and oxygen atoms in total. The Morgan fingerprint density at radius 3 is 2.30 bits per heavy atom. The van der Waals surface area contributed by atoms with Crippen LogP contribution < -0.4 is 5.32 Å². The molecule has 30 heavy (non-hydrogen) atoms. The first-order valence-electron chi connectivity index (χ1n) is 9.26. The topological polar surface area (TPSA) is 82.9 Å². The van der Waals surface area contributed by atoms with Crippen LogP contribution in [-0.2, 0) is 11.0 Å². The molecule has 2 heterocycles. The second-order valence-corrected chi connectivity index (χ2v) is 6.87. The Hall–Kier alpha value is -3.30. The molecule has 0 saturated carbocycles. The molecular formula is C20H20F3N3O4. The summed E-state index contributed by atoms with van der Waals surface area (Å²) in [5.41, 5.74) is -0.938. The van der Waals surface area contributed by atoms with Gasteiger partial charge in [-0.15, -0.1) is 0 Å². The van der Waals surface area contributed by atoms with Gasteiger partial charge >= 0.3 is 6.18 Å². The lowest BCUT2D eigenvalue weighted by Crippen LogP contribution is -2.55. The molecule has 0 unspecified atom stereocenters. The van der Waals surface area contributed by atoms with Crippen LogP contribution in [-0.4, -0.2) is 59.7 Å². The maximum atomic E-state index is 12.9. The molecule has 0 aliphatic carbocycles. The molecule has 3 rings (SSSR count). The molecule has 1 aliphatic heterocycles. The molecule has 0 spiro atoms. The molecular weight excluding hydrogens is 403 g/mol. The van der Waals surface area contributed by atoms with E-state index in [1.807, 2.05) is 0 Å². The van der Waals surface area contributed by atoms with Crippen LogP contribution in [0.2, 0.25) is 0 Å². The van der Waals surface area contributed by atoms with Crippen molar-refractivity contribution in [2.75, 3.05) is 26.2 Å². The van der Waals surface area contributed by atoms with Gasteiger partial charge in [-0.1, -0.05) is 6.07 Å². The zero-order chi connectivity index (χ0) is 21.9. The van der Waals surface area contributed by atoms with Crippen LogP contribution >= 0.6 is 0 Å². The van der Waals surface area contributed by atoms with Gasteiger partial charge in [0.05, 0.1) is 11.8 Å². The summed E-state index contributed by atoms with van der Waals surface area (Å²) in [5, 5.41) is 2.55. The number of nitrogens with one attached hydrogen (secondary N) is 1. The normalized spacial score (nSPS) is 15.6. The summed E-state index contributed by atoms with van der Waals surface area (Å²) < 4.78 is 43.6. The van der Waals surface area contributed by atoms with E-state index in [1.165, 1.54) is 34.3 Å². The van der Waals surface area contributed by atoms with Gasteiger partial charge in [0.1, 0.15) is 6.04 Å². The van der Waals surface area contributed by atoms with E-state index in [0.717, 1.165) is 12.1 Å². The van der Waals surface area contributed by atoms with Crippen LogP contribution in [0.5, 0.6) is 0 Å². The Labute approximate surface area is 170 Å². The molecule has 160 valence electrons. The number of amides is 3. The summed E-state index contributed by atoms with van der Waals surface area (Å²) >= 11 is 0. The van der Waals surface area contributed by atoms with Crippen LogP contribution in [0.4, 0.5) is 13.2 Å². The van der Waals surface area contributed by atoms with E-state index in [4.69, 9.17) is 4.42 Å². The first kappa shape index (κ1) is 21.4. The predicted molar refractivity (Wildman–Crippen MR) is 99.6 cm³/mol. The van der Waals surface area contributed by atoms with Crippen LogP contribution in [0.15, 0.2) is 47.1 Å². The SMILES string of the molecule is C[C@@H](NC(=O)c1ccco1)C(=O)N1CCN(C(=O)c2cccc(C(F)(F)F)c2)CC1. The highest BCUT2D eigenvalue weighted by molar-refractivity contribution is 5.96. The maximum absolute atomic E-state index is 12.9. The van der Waals surface area contributed by atoms with Gasteiger partial charge in [-0.05, 0) is 37.3 Å². The third-order valence-corrected chi connectivity index (χ3v) is 4.78. The quantitative estimate of drug-likeness (QED) is 0.819. The molecule has 1 fully saturated rings. The fraction of sp³-hybridized carbons (Fsp3) is 0.350. The zero-order valence-corrected chi connectivity index (χ0v) is 16.1. The molecule has 1 N–H and O–H groups in total. The van der Waals surface area contributed by atoms with Crippen LogP contribution in [0.1, 0.15) is 33.4 Å². The zero-order valence-electron chi connectivity index (χ0n) is 16.1. The van der Waals surface area contributed by atoms with Gasteiger partial charge in [0.25, 0.3) is 11.8 Å². The largest absolute Gasteiger partial charge is 0.459 e.